The lowest BCUT2D eigenvalue weighted by Crippen LogP contribution is -2.33. The van der Waals surface area contributed by atoms with E-state index in [4.69, 9.17) is 0 Å². The molecule has 0 spiro atoms. The van der Waals surface area contributed by atoms with Crippen molar-refractivity contribution in [2.75, 3.05) is 0 Å². The van der Waals surface area contributed by atoms with Crippen molar-refractivity contribution in [1.29, 1.82) is 0 Å². The molecule has 1 aromatic heterocycles. The van der Waals surface area contributed by atoms with Crippen LogP contribution in [0.1, 0.15) is 65.1 Å². The van der Waals surface area contributed by atoms with Gasteiger partial charge in [-0.2, -0.15) is 0 Å². The molecule has 0 amide bonds. The van der Waals surface area contributed by atoms with Crippen molar-refractivity contribution in [3.05, 3.63) is 5.82 Å². The zero-order chi connectivity index (χ0) is 15.0. The molecular formula is C14H26N4O2. The van der Waals surface area contributed by atoms with Crippen LogP contribution in [-0.2, 0) is 17.8 Å². The first-order valence-corrected chi connectivity index (χ1v) is 7.52. The standard InChI is InChI=1S/C14H26N4O2/c1-4-6-7-8-9-10-12-15-16-17-18(12)11-14(3,5-2)13(19)20/h4-11H2,1-3H3,(H,19,20). The van der Waals surface area contributed by atoms with Crippen LogP contribution in [0.5, 0.6) is 0 Å². The van der Waals surface area contributed by atoms with Gasteiger partial charge in [0.15, 0.2) is 5.82 Å². The van der Waals surface area contributed by atoms with Gasteiger partial charge in [0, 0.05) is 6.42 Å². The average Bonchev–Trinajstić information content (AvgIpc) is 2.85. The van der Waals surface area contributed by atoms with Crippen LogP contribution < -0.4 is 0 Å². The molecule has 1 heterocycles. The molecule has 1 aromatic rings. The van der Waals surface area contributed by atoms with Crippen molar-refractivity contribution in [2.24, 2.45) is 5.41 Å². The molecule has 6 nitrogen and oxygen atoms in total. The van der Waals surface area contributed by atoms with Crippen LogP contribution in [0.4, 0.5) is 0 Å². The Hall–Kier alpha value is -1.46. The summed E-state index contributed by atoms with van der Waals surface area (Å²) in [5.74, 6) is -0.00757. The first-order chi connectivity index (χ1) is 9.53. The predicted molar refractivity (Wildman–Crippen MR) is 76.3 cm³/mol. The molecule has 114 valence electrons. The summed E-state index contributed by atoms with van der Waals surface area (Å²) in [6.45, 7) is 6.14. The van der Waals surface area contributed by atoms with E-state index < -0.39 is 11.4 Å². The van der Waals surface area contributed by atoms with Crippen LogP contribution in [0.2, 0.25) is 0 Å². The zero-order valence-electron chi connectivity index (χ0n) is 12.8. The molecule has 0 aromatic carbocycles. The van der Waals surface area contributed by atoms with Gasteiger partial charge < -0.3 is 5.11 Å². The van der Waals surface area contributed by atoms with Gasteiger partial charge in [-0.25, -0.2) is 4.68 Å². The Morgan fingerprint density at radius 2 is 1.95 bits per heavy atom. The predicted octanol–water partition coefficient (Wildman–Crippen LogP) is 2.69. The second-order valence-electron chi connectivity index (χ2n) is 5.64. The highest BCUT2D eigenvalue weighted by Crippen LogP contribution is 2.24. The molecule has 1 unspecified atom stereocenters. The summed E-state index contributed by atoms with van der Waals surface area (Å²) >= 11 is 0. The summed E-state index contributed by atoms with van der Waals surface area (Å²) in [6, 6.07) is 0. The van der Waals surface area contributed by atoms with Crippen LogP contribution in [0, 0.1) is 5.41 Å². The molecule has 1 N–H and O–H groups in total. The highest BCUT2D eigenvalue weighted by molar-refractivity contribution is 5.73. The Kier molecular flexibility index (Phi) is 6.61. The molecule has 20 heavy (non-hydrogen) atoms. The quantitative estimate of drug-likeness (QED) is 0.667. The van der Waals surface area contributed by atoms with Crippen LogP contribution in [0.25, 0.3) is 0 Å². The minimum absolute atomic E-state index is 0.329. The number of carboxylic acid groups (broad SMARTS) is 1. The SMILES string of the molecule is CCCCCCCc1nnnn1CC(C)(CC)C(=O)O. The molecule has 0 bridgehead atoms. The summed E-state index contributed by atoms with van der Waals surface area (Å²) < 4.78 is 1.65. The summed E-state index contributed by atoms with van der Waals surface area (Å²) in [5.41, 5.74) is -0.813. The van der Waals surface area contributed by atoms with E-state index in [1.165, 1.54) is 25.7 Å². The fraction of sp³-hybridized carbons (Fsp3) is 0.857. The van der Waals surface area contributed by atoms with Gasteiger partial charge in [-0.15, -0.1) is 5.10 Å². The second-order valence-corrected chi connectivity index (χ2v) is 5.64. The molecule has 1 rings (SSSR count). The molecular weight excluding hydrogens is 256 g/mol. The van der Waals surface area contributed by atoms with E-state index in [1.54, 1.807) is 11.6 Å². The lowest BCUT2D eigenvalue weighted by molar-refractivity contribution is -0.149. The van der Waals surface area contributed by atoms with E-state index in [-0.39, 0.29) is 0 Å². The second kappa shape index (κ2) is 7.97. The number of carboxylic acids is 1. The van der Waals surface area contributed by atoms with Crippen LogP contribution >= 0.6 is 0 Å². The molecule has 0 saturated carbocycles. The first-order valence-electron chi connectivity index (χ1n) is 7.52. The minimum atomic E-state index is -0.813. The molecule has 0 aliphatic heterocycles. The van der Waals surface area contributed by atoms with Gasteiger partial charge >= 0.3 is 5.97 Å². The molecule has 0 aliphatic rings. The molecule has 0 saturated heterocycles. The van der Waals surface area contributed by atoms with Crippen LogP contribution in [0.3, 0.4) is 0 Å². The first kappa shape index (κ1) is 16.6. The smallest absolute Gasteiger partial charge is 0.311 e. The number of rotatable bonds is 10. The monoisotopic (exact) mass is 282 g/mol. The lowest BCUT2D eigenvalue weighted by atomic mass is 9.88. The summed E-state index contributed by atoms with van der Waals surface area (Å²) in [7, 11) is 0. The van der Waals surface area contributed by atoms with Gasteiger partial charge in [-0.05, 0) is 30.2 Å². The van der Waals surface area contributed by atoms with Crippen molar-refractivity contribution in [3.63, 3.8) is 0 Å². The maximum atomic E-state index is 11.3. The van der Waals surface area contributed by atoms with Crippen LogP contribution in [0.15, 0.2) is 0 Å². The number of hydrogen-bond donors (Lipinski definition) is 1. The maximum Gasteiger partial charge on any atom is 0.311 e. The number of nitrogens with zero attached hydrogens (tertiary/aromatic N) is 4. The summed E-state index contributed by atoms with van der Waals surface area (Å²) in [4.78, 5) is 11.3. The Balaban J connectivity index is 2.56. The van der Waals surface area contributed by atoms with E-state index >= 15 is 0 Å². The molecule has 6 heteroatoms. The van der Waals surface area contributed by atoms with E-state index in [0.29, 0.717) is 13.0 Å². The Bertz CT molecular complexity index is 419. The lowest BCUT2D eigenvalue weighted by Gasteiger charge is -2.22. The molecule has 0 radical (unpaired) electrons. The van der Waals surface area contributed by atoms with Crippen molar-refractivity contribution in [1.82, 2.24) is 20.2 Å². The van der Waals surface area contributed by atoms with E-state index in [2.05, 4.69) is 22.4 Å². The summed E-state index contributed by atoms with van der Waals surface area (Å²) in [5, 5.41) is 21.0. The number of unbranched alkanes of at least 4 members (excludes halogenated alkanes) is 4. The zero-order valence-corrected chi connectivity index (χ0v) is 12.8. The number of aliphatic carboxylic acids is 1. The Morgan fingerprint density at radius 1 is 1.25 bits per heavy atom. The van der Waals surface area contributed by atoms with Gasteiger partial charge in [0.2, 0.25) is 0 Å². The van der Waals surface area contributed by atoms with Crippen molar-refractivity contribution in [3.8, 4) is 0 Å². The normalized spacial score (nSPS) is 14.2. The Morgan fingerprint density at radius 3 is 2.55 bits per heavy atom. The average molecular weight is 282 g/mol. The van der Waals surface area contributed by atoms with Crippen molar-refractivity contribution < 1.29 is 9.90 Å². The van der Waals surface area contributed by atoms with Gasteiger partial charge in [-0.3, -0.25) is 4.79 Å². The molecule has 0 fully saturated rings. The third-order valence-corrected chi connectivity index (χ3v) is 3.91. The Labute approximate surface area is 120 Å². The summed E-state index contributed by atoms with van der Waals surface area (Å²) in [6.07, 6.45) is 7.32. The number of hydrogen-bond acceptors (Lipinski definition) is 4. The largest absolute Gasteiger partial charge is 0.481 e. The number of carbonyl (C=O) groups is 1. The van der Waals surface area contributed by atoms with Crippen LogP contribution in [-0.4, -0.2) is 31.3 Å². The third-order valence-electron chi connectivity index (χ3n) is 3.91. The highest BCUT2D eigenvalue weighted by Gasteiger charge is 2.32. The molecule has 1 atom stereocenters. The van der Waals surface area contributed by atoms with Gasteiger partial charge in [0.25, 0.3) is 0 Å². The maximum absolute atomic E-state index is 11.3. The fourth-order valence-electron chi connectivity index (χ4n) is 2.07. The van der Waals surface area contributed by atoms with Crippen molar-refractivity contribution in [2.45, 2.75) is 72.3 Å². The fourth-order valence-corrected chi connectivity index (χ4v) is 2.07. The van der Waals surface area contributed by atoms with Gasteiger partial charge in [-0.1, -0.05) is 39.5 Å². The molecule has 0 aliphatic carbocycles. The number of aryl methyl sites for hydroxylation is 1. The van der Waals surface area contributed by atoms with E-state index in [1.807, 2.05) is 6.92 Å². The van der Waals surface area contributed by atoms with Gasteiger partial charge in [0.05, 0.1) is 12.0 Å². The van der Waals surface area contributed by atoms with E-state index in [9.17, 15) is 9.90 Å². The van der Waals surface area contributed by atoms with Gasteiger partial charge in [0.1, 0.15) is 0 Å². The highest BCUT2D eigenvalue weighted by atomic mass is 16.4. The minimum Gasteiger partial charge on any atom is -0.481 e. The third kappa shape index (κ3) is 4.58. The number of aromatic nitrogens is 4. The van der Waals surface area contributed by atoms with E-state index in [0.717, 1.165) is 18.7 Å². The number of tetrazole rings is 1. The topological polar surface area (TPSA) is 80.9 Å². The van der Waals surface area contributed by atoms with Crippen molar-refractivity contribution >= 4 is 5.97 Å².